The molecular weight excluding hydrogens is 364 g/mol. The number of thiol groups is 1. The van der Waals surface area contributed by atoms with E-state index in [9.17, 15) is 24.3 Å². The fourth-order valence-electron chi connectivity index (χ4n) is 2.00. The summed E-state index contributed by atoms with van der Waals surface area (Å²) in [6.45, 7) is 4.36. The average Bonchev–Trinajstić information content (AvgIpc) is 2.54. The van der Waals surface area contributed by atoms with Crippen LogP contribution in [-0.4, -0.2) is 70.4 Å². The normalized spacial score (nSPS) is 15.5. The quantitative estimate of drug-likeness (QED) is 0.196. The van der Waals surface area contributed by atoms with Gasteiger partial charge in [-0.25, -0.2) is 0 Å². The van der Waals surface area contributed by atoms with Gasteiger partial charge < -0.3 is 31.9 Å². The second-order valence-corrected chi connectivity index (χ2v) is 6.68. The monoisotopic (exact) mass is 392 g/mol. The molecule has 7 N–H and O–H groups in total. The number of nitrogens with one attached hydrogen (secondary N) is 3. The molecule has 4 unspecified atom stereocenters. The van der Waals surface area contributed by atoms with E-state index in [0.29, 0.717) is 0 Å². The fourth-order valence-corrected chi connectivity index (χ4v) is 2.16. The second-order valence-electron chi connectivity index (χ2n) is 6.32. The van der Waals surface area contributed by atoms with Crippen molar-refractivity contribution >= 4 is 36.3 Å². The summed E-state index contributed by atoms with van der Waals surface area (Å²) < 4.78 is 0. The Bertz CT molecular complexity index is 514. The number of aliphatic hydroxyl groups is 1. The predicted molar refractivity (Wildman–Crippen MR) is 97.5 cm³/mol. The lowest BCUT2D eigenvalue weighted by Gasteiger charge is -2.26. The summed E-state index contributed by atoms with van der Waals surface area (Å²) in [5.74, 6) is -3.27. The van der Waals surface area contributed by atoms with Crippen LogP contribution >= 0.6 is 12.6 Å². The highest BCUT2D eigenvalue weighted by Crippen LogP contribution is 2.06. The Morgan fingerprint density at radius 1 is 1.04 bits per heavy atom. The standard InChI is InChI=1S/C15H28N4O6S/c1-7(2)4-10(14(24)17-5-11(21)22)18-15(25)12(8(3)20)19-13(23)9(16)6-26/h7-10,12,20,26H,4-6,16H2,1-3H3,(H,17,24)(H,18,25)(H,19,23)(H,21,22). The summed E-state index contributed by atoms with van der Waals surface area (Å²) in [5, 5.41) is 25.4. The summed E-state index contributed by atoms with van der Waals surface area (Å²) in [5.41, 5.74) is 5.53. The molecule has 10 nitrogen and oxygen atoms in total. The van der Waals surface area contributed by atoms with Gasteiger partial charge in [-0.2, -0.15) is 12.6 Å². The highest BCUT2D eigenvalue weighted by molar-refractivity contribution is 7.80. The maximum Gasteiger partial charge on any atom is 0.322 e. The molecule has 0 bridgehead atoms. The van der Waals surface area contributed by atoms with Gasteiger partial charge in [0.05, 0.1) is 12.1 Å². The zero-order chi connectivity index (χ0) is 20.4. The maximum absolute atomic E-state index is 12.4. The van der Waals surface area contributed by atoms with Crippen molar-refractivity contribution in [3.63, 3.8) is 0 Å². The maximum atomic E-state index is 12.4. The van der Waals surface area contributed by atoms with Crippen LogP contribution in [0.25, 0.3) is 0 Å². The van der Waals surface area contributed by atoms with Crippen molar-refractivity contribution in [1.29, 1.82) is 0 Å². The van der Waals surface area contributed by atoms with Crippen molar-refractivity contribution < 1.29 is 29.4 Å². The van der Waals surface area contributed by atoms with Crippen molar-refractivity contribution in [2.45, 2.75) is 51.4 Å². The molecule has 0 rings (SSSR count). The third-order valence-electron chi connectivity index (χ3n) is 3.35. The van der Waals surface area contributed by atoms with Crippen molar-refractivity contribution in [3.05, 3.63) is 0 Å². The first-order chi connectivity index (χ1) is 12.0. The van der Waals surface area contributed by atoms with Gasteiger partial charge >= 0.3 is 5.97 Å². The van der Waals surface area contributed by atoms with Crippen LogP contribution < -0.4 is 21.7 Å². The lowest BCUT2D eigenvalue weighted by molar-refractivity contribution is -0.139. The molecule has 0 spiro atoms. The fraction of sp³-hybridized carbons (Fsp3) is 0.733. The van der Waals surface area contributed by atoms with Gasteiger partial charge in [-0.05, 0) is 19.3 Å². The SMILES string of the molecule is CC(C)CC(NC(=O)C(NC(=O)C(N)CS)C(C)O)C(=O)NCC(=O)O. The molecule has 150 valence electrons. The van der Waals surface area contributed by atoms with E-state index in [4.69, 9.17) is 10.8 Å². The zero-order valence-corrected chi connectivity index (χ0v) is 16.0. The van der Waals surface area contributed by atoms with Crippen LogP contribution in [-0.2, 0) is 19.2 Å². The molecule has 4 atom stereocenters. The zero-order valence-electron chi connectivity index (χ0n) is 15.1. The molecule has 26 heavy (non-hydrogen) atoms. The number of carbonyl (C=O) groups excluding carboxylic acids is 3. The number of rotatable bonds is 11. The molecule has 0 heterocycles. The minimum Gasteiger partial charge on any atom is -0.480 e. The number of aliphatic carboxylic acids is 1. The van der Waals surface area contributed by atoms with Crippen LogP contribution in [0, 0.1) is 5.92 Å². The van der Waals surface area contributed by atoms with Crippen molar-refractivity contribution in [3.8, 4) is 0 Å². The highest BCUT2D eigenvalue weighted by Gasteiger charge is 2.31. The molecule has 0 aromatic heterocycles. The van der Waals surface area contributed by atoms with Crippen LogP contribution in [0.2, 0.25) is 0 Å². The number of carboxylic acids is 1. The molecule has 0 saturated heterocycles. The Balaban J connectivity index is 5.12. The number of hydrogen-bond acceptors (Lipinski definition) is 7. The molecule has 0 aliphatic rings. The Hall–Kier alpha value is -1.85. The Morgan fingerprint density at radius 3 is 2.04 bits per heavy atom. The van der Waals surface area contributed by atoms with Crippen LogP contribution in [0.3, 0.4) is 0 Å². The van der Waals surface area contributed by atoms with Gasteiger partial charge in [0.25, 0.3) is 0 Å². The van der Waals surface area contributed by atoms with Gasteiger partial charge in [0.2, 0.25) is 17.7 Å². The Morgan fingerprint density at radius 2 is 1.62 bits per heavy atom. The molecule has 0 aliphatic heterocycles. The highest BCUT2D eigenvalue weighted by atomic mass is 32.1. The second kappa shape index (κ2) is 11.7. The molecule has 0 aliphatic carbocycles. The topological polar surface area (TPSA) is 171 Å². The van der Waals surface area contributed by atoms with Crippen LogP contribution in [0.1, 0.15) is 27.2 Å². The minimum atomic E-state index is -1.32. The van der Waals surface area contributed by atoms with E-state index in [0.717, 1.165) is 0 Å². The van der Waals surface area contributed by atoms with Crippen LogP contribution in [0.15, 0.2) is 0 Å². The average molecular weight is 392 g/mol. The van der Waals surface area contributed by atoms with Crippen molar-refractivity contribution in [2.75, 3.05) is 12.3 Å². The molecule has 0 aromatic carbocycles. The van der Waals surface area contributed by atoms with E-state index in [1.807, 2.05) is 13.8 Å². The number of nitrogens with two attached hydrogens (primary N) is 1. The molecule has 3 amide bonds. The minimum absolute atomic E-state index is 0.0214. The first kappa shape index (κ1) is 24.1. The molecule has 0 aromatic rings. The Labute approximate surface area is 157 Å². The lowest BCUT2D eigenvalue weighted by Crippen LogP contribution is -2.59. The summed E-state index contributed by atoms with van der Waals surface area (Å²) in [4.78, 5) is 47.0. The molecule has 0 saturated carbocycles. The van der Waals surface area contributed by atoms with E-state index >= 15 is 0 Å². The number of amides is 3. The van der Waals surface area contributed by atoms with Crippen molar-refractivity contribution in [2.24, 2.45) is 11.7 Å². The predicted octanol–water partition coefficient (Wildman–Crippen LogP) is -2.16. The summed E-state index contributed by atoms with van der Waals surface area (Å²) in [6, 6.07) is -3.30. The van der Waals surface area contributed by atoms with Gasteiger partial charge in [0.15, 0.2) is 0 Å². The van der Waals surface area contributed by atoms with Gasteiger partial charge in [-0.3, -0.25) is 19.2 Å². The summed E-state index contributed by atoms with van der Waals surface area (Å²) in [6.07, 6.45) is -0.999. The van der Waals surface area contributed by atoms with Gasteiger partial charge in [-0.1, -0.05) is 13.8 Å². The van der Waals surface area contributed by atoms with E-state index in [1.165, 1.54) is 6.92 Å². The van der Waals surface area contributed by atoms with Crippen LogP contribution in [0.4, 0.5) is 0 Å². The van der Waals surface area contributed by atoms with E-state index < -0.39 is 54.5 Å². The summed E-state index contributed by atoms with van der Waals surface area (Å²) >= 11 is 3.89. The molecular formula is C15H28N4O6S. The number of hydrogen-bond donors (Lipinski definition) is 7. The molecule has 11 heteroatoms. The lowest BCUT2D eigenvalue weighted by atomic mass is 10.0. The summed E-state index contributed by atoms with van der Waals surface area (Å²) in [7, 11) is 0. The number of carboxylic acid groups (broad SMARTS) is 1. The van der Waals surface area contributed by atoms with E-state index in [2.05, 4.69) is 28.6 Å². The van der Waals surface area contributed by atoms with Crippen LogP contribution in [0.5, 0.6) is 0 Å². The smallest absolute Gasteiger partial charge is 0.322 e. The van der Waals surface area contributed by atoms with Gasteiger partial charge in [0, 0.05) is 5.75 Å². The first-order valence-corrected chi connectivity index (χ1v) is 8.77. The van der Waals surface area contributed by atoms with Gasteiger partial charge in [0.1, 0.15) is 18.6 Å². The number of aliphatic hydroxyl groups excluding tert-OH is 1. The first-order valence-electron chi connectivity index (χ1n) is 8.14. The van der Waals surface area contributed by atoms with E-state index in [-0.39, 0.29) is 18.1 Å². The molecule has 0 fully saturated rings. The van der Waals surface area contributed by atoms with E-state index in [1.54, 1.807) is 0 Å². The third-order valence-corrected chi connectivity index (χ3v) is 3.74. The number of carbonyl (C=O) groups is 4. The Kier molecular flexibility index (Phi) is 10.9. The molecule has 0 radical (unpaired) electrons. The third kappa shape index (κ3) is 9.02. The largest absolute Gasteiger partial charge is 0.480 e. The van der Waals surface area contributed by atoms with Gasteiger partial charge in [-0.15, -0.1) is 0 Å². The van der Waals surface area contributed by atoms with Crippen molar-refractivity contribution in [1.82, 2.24) is 16.0 Å².